The molecule has 2 rings (SSSR count). The predicted octanol–water partition coefficient (Wildman–Crippen LogP) is 3.86. The number of carbonyl (C=O) groups is 2. The van der Waals surface area contributed by atoms with E-state index < -0.39 is 12.2 Å². The fraction of sp³-hybridized carbons (Fsp3) is 0.176. The van der Waals surface area contributed by atoms with Crippen LogP contribution in [-0.4, -0.2) is 25.5 Å². The van der Waals surface area contributed by atoms with Gasteiger partial charge in [0.15, 0.2) is 0 Å². The first-order chi connectivity index (χ1) is 11.2. The summed E-state index contributed by atoms with van der Waals surface area (Å²) in [4.78, 5) is 24.9. The van der Waals surface area contributed by atoms with Crippen molar-refractivity contribution >= 4 is 23.6 Å². The largest absolute Gasteiger partial charge is 0.517 e. The Balaban J connectivity index is 2.09. The molecule has 1 amide bonds. The smallest absolute Gasteiger partial charge is 0.434 e. The highest BCUT2D eigenvalue weighted by Crippen LogP contribution is 2.15. The zero-order valence-corrected chi connectivity index (χ0v) is 12.8. The van der Waals surface area contributed by atoms with Crippen molar-refractivity contribution in [2.45, 2.75) is 6.92 Å². The molecule has 0 unspecified atom stereocenters. The number of benzene rings is 2. The Hall–Kier alpha value is -3.02. The van der Waals surface area contributed by atoms with Gasteiger partial charge in [-0.3, -0.25) is 4.90 Å². The lowest BCUT2D eigenvalue weighted by Crippen LogP contribution is -2.37. The van der Waals surface area contributed by atoms with Gasteiger partial charge in [0.1, 0.15) is 0 Å². The molecule has 1 N–H and O–H groups in total. The van der Waals surface area contributed by atoms with Crippen LogP contribution in [0.15, 0.2) is 60.7 Å². The summed E-state index contributed by atoms with van der Waals surface area (Å²) in [7, 11) is 0. The van der Waals surface area contributed by atoms with Crippen LogP contribution in [0.3, 0.4) is 0 Å². The molecule has 120 valence electrons. The highest BCUT2D eigenvalue weighted by molar-refractivity contribution is 5.93. The van der Waals surface area contributed by atoms with Gasteiger partial charge in [0.2, 0.25) is 0 Å². The summed E-state index contributed by atoms with van der Waals surface area (Å²) in [6, 6.07) is 18.3. The quantitative estimate of drug-likeness (QED) is 0.516. The van der Waals surface area contributed by atoms with Crippen LogP contribution in [0.2, 0.25) is 0 Å². The van der Waals surface area contributed by atoms with Crippen molar-refractivity contribution < 1.29 is 19.1 Å². The van der Waals surface area contributed by atoms with Crippen molar-refractivity contribution in [3.63, 3.8) is 0 Å². The van der Waals surface area contributed by atoms with E-state index in [1.165, 1.54) is 4.90 Å². The number of anilines is 2. The number of ether oxygens (including phenoxy) is 2. The third-order valence-corrected chi connectivity index (χ3v) is 2.94. The van der Waals surface area contributed by atoms with Crippen molar-refractivity contribution in [1.29, 1.82) is 0 Å². The first-order valence-corrected chi connectivity index (χ1v) is 7.20. The lowest BCUT2D eigenvalue weighted by atomic mass is 10.3. The second-order valence-electron chi connectivity index (χ2n) is 4.52. The fourth-order valence-corrected chi connectivity index (χ4v) is 1.87. The van der Waals surface area contributed by atoms with E-state index in [0.717, 1.165) is 5.69 Å². The average molecular weight is 314 g/mol. The number of rotatable bonds is 5. The van der Waals surface area contributed by atoms with Gasteiger partial charge in [-0.2, -0.15) is 0 Å². The van der Waals surface area contributed by atoms with Gasteiger partial charge in [-0.1, -0.05) is 36.4 Å². The number of nitrogens with one attached hydrogen (secondary N) is 1. The standard InChI is InChI=1S/C17H18N2O4/c1-2-22-17(21)23-16(20)19(15-11-7-4-8-12-15)13-18-14-9-5-3-6-10-14/h3-12,18H,2,13H2,1H3. The van der Waals surface area contributed by atoms with Gasteiger partial charge in [0.05, 0.1) is 13.3 Å². The third kappa shape index (κ3) is 5.03. The summed E-state index contributed by atoms with van der Waals surface area (Å²) in [5.41, 5.74) is 1.45. The maximum absolute atomic E-state index is 12.2. The molecule has 0 saturated carbocycles. The highest BCUT2D eigenvalue weighted by atomic mass is 16.7. The van der Waals surface area contributed by atoms with Crippen LogP contribution < -0.4 is 10.2 Å². The molecule has 0 aromatic heterocycles. The Morgan fingerprint density at radius 1 is 1.00 bits per heavy atom. The minimum absolute atomic E-state index is 0.139. The first kappa shape index (κ1) is 16.4. The maximum atomic E-state index is 12.2. The minimum atomic E-state index is -1.02. The molecule has 23 heavy (non-hydrogen) atoms. The Morgan fingerprint density at radius 3 is 2.22 bits per heavy atom. The maximum Gasteiger partial charge on any atom is 0.517 e. The zero-order valence-electron chi connectivity index (χ0n) is 12.8. The molecule has 2 aromatic carbocycles. The van der Waals surface area contributed by atoms with E-state index >= 15 is 0 Å². The van der Waals surface area contributed by atoms with Crippen LogP contribution in [0.5, 0.6) is 0 Å². The van der Waals surface area contributed by atoms with Gasteiger partial charge in [-0.15, -0.1) is 0 Å². The lowest BCUT2D eigenvalue weighted by molar-refractivity contribution is 0.0814. The number of carbonyl (C=O) groups excluding carboxylic acids is 2. The van der Waals surface area contributed by atoms with Crippen LogP contribution in [0.25, 0.3) is 0 Å². The van der Waals surface area contributed by atoms with E-state index in [1.54, 1.807) is 31.2 Å². The molecular weight excluding hydrogens is 296 g/mol. The van der Waals surface area contributed by atoms with Crippen molar-refractivity contribution in [3.05, 3.63) is 60.7 Å². The van der Waals surface area contributed by atoms with Crippen molar-refractivity contribution in [1.82, 2.24) is 0 Å². The number of amides is 1. The van der Waals surface area contributed by atoms with Gasteiger partial charge < -0.3 is 14.8 Å². The Bertz CT molecular complexity index is 632. The van der Waals surface area contributed by atoms with Gasteiger partial charge in [-0.05, 0) is 31.2 Å². The van der Waals surface area contributed by atoms with Crippen molar-refractivity contribution in [2.24, 2.45) is 0 Å². The van der Waals surface area contributed by atoms with E-state index in [4.69, 9.17) is 0 Å². The molecule has 0 aliphatic carbocycles. The van der Waals surface area contributed by atoms with E-state index in [1.807, 2.05) is 36.4 Å². The normalized spacial score (nSPS) is 9.78. The predicted molar refractivity (Wildman–Crippen MR) is 87.4 cm³/mol. The van der Waals surface area contributed by atoms with E-state index in [-0.39, 0.29) is 13.3 Å². The van der Waals surface area contributed by atoms with Crippen molar-refractivity contribution in [3.8, 4) is 0 Å². The number of hydrogen-bond acceptors (Lipinski definition) is 5. The van der Waals surface area contributed by atoms with Gasteiger partial charge >= 0.3 is 12.2 Å². The molecule has 0 fully saturated rings. The minimum Gasteiger partial charge on any atom is -0.434 e. The molecule has 6 heteroatoms. The molecule has 0 spiro atoms. The molecular formula is C17H18N2O4. The molecule has 0 saturated heterocycles. The third-order valence-electron chi connectivity index (χ3n) is 2.94. The Labute approximate surface area is 134 Å². The highest BCUT2D eigenvalue weighted by Gasteiger charge is 2.21. The topological polar surface area (TPSA) is 67.9 Å². The molecule has 0 bridgehead atoms. The average Bonchev–Trinajstić information content (AvgIpc) is 2.57. The van der Waals surface area contributed by atoms with E-state index in [9.17, 15) is 9.59 Å². The number of nitrogens with zero attached hydrogens (tertiary/aromatic N) is 1. The summed E-state index contributed by atoms with van der Waals surface area (Å²) in [6.07, 6.45) is -1.82. The molecule has 2 aromatic rings. The van der Waals surface area contributed by atoms with Crippen LogP contribution in [-0.2, 0) is 9.47 Å². The summed E-state index contributed by atoms with van der Waals surface area (Å²) < 4.78 is 9.31. The summed E-state index contributed by atoms with van der Waals surface area (Å²) >= 11 is 0. The molecule has 0 aliphatic rings. The molecule has 0 radical (unpaired) electrons. The van der Waals surface area contributed by atoms with Crippen LogP contribution >= 0.6 is 0 Å². The summed E-state index contributed by atoms with van der Waals surface area (Å²) in [6.45, 7) is 1.92. The van der Waals surface area contributed by atoms with E-state index in [0.29, 0.717) is 5.69 Å². The van der Waals surface area contributed by atoms with Crippen LogP contribution in [0, 0.1) is 0 Å². The molecule has 6 nitrogen and oxygen atoms in total. The fourth-order valence-electron chi connectivity index (χ4n) is 1.87. The van der Waals surface area contributed by atoms with Gasteiger partial charge in [0.25, 0.3) is 0 Å². The molecule has 0 aliphatic heterocycles. The lowest BCUT2D eigenvalue weighted by Gasteiger charge is -2.22. The SMILES string of the molecule is CCOC(=O)OC(=O)N(CNc1ccccc1)c1ccccc1. The van der Waals surface area contributed by atoms with Crippen molar-refractivity contribution in [2.75, 3.05) is 23.5 Å². The molecule has 0 heterocycles. The van der Waals surface area contributed by atoms with Gasteiger partial charge in [-0.25, -0.2) is 9.59 Å². The van der Waals surface area contributed by atoms with Crippen LogP contribution in [0.4, 0.5) is 21.0 Å². The second kappa shape index (κ2) is 8.43. The summed E-state index contributed by atoms with van der Waals surface area (Å²) in [5.74, 6) is 0. The van der Waals surface area contributed by atoms with E-state index in [2.05, 4.69) is 14.8 Å². The van der Waals surface area contributed by atoms with Gasteiger partial charge in [0, 0.05) is 11.4 Å². The molecule has 0 atom stereocenters. The Kier molecular flexibility index (Phi) is 5.99. The Morgan fingerprint density at radius 2 is 1.61 bits per heavy atom. The second-order valence-corrected chi connectivity index (χ2v) is 4.52. The first-order valence-electron chi connectivity index (χ1n) is 7.20. The monoisotopic (exact) mass is 314 g/mol. The number of para-hydroxylation sites is 2. The number of hydrogen-bond donors (Lipinski definition) is 1. The summed E-state index contributed by atoms with van der Waals surface area (Å²) in [5, 5.41) is 3.10. The zero-order chi connectivity index (χ0) is 16.5. The van der Waals surface area contributed by atoms with Crippen LogP contribution in [0.1, 0.15) is 6.92 Å².